The first-order chi connectivity index (χ1) is 15.6. The van der Waals surface area contributed by atoms with Crippen molar-refractivity contribution in [1.82, 2.24) is 0 Å². The second-order valence-corrected chi connectivity index (χ2v) is 8.44. The Bertz CT molecular complexity index is 1110. The van der Waals surface area contributed by atoms with Gasteiger partial charge >= 0.3 is 0 Å². The van der Waals surface area contributed by atoms with Crippen molar-refractivity contribution in [2.75, 3.05) is 28.4 Å². The van der Waals surface area contributed by atoms with Crippen LogP contribution in [0.15, 0.2) is 36.5 Å². The number of aromatic nitrogens is 1. The molecule has 0 amide bonds. The largest absolute Gasteiger partial charge is 0.493 e. The third-order valence-corrected chi connectivity index (χ3v) is 6.58. The lowest BCUT2D eigenvalue weighted by Gasteiger charge is -2.24. The summed E-state index contributed by atoms with van der Waals surface area (Å²) >= 11 is 0. The van der Waals surface area contributed by atoms with Crippen LogP contribution >= 0.6 is 0 Å². The lowest BCUT2D eigenvalue weighted by molar-refractivity contribution is -0.714. The highest BCUT2D eigenvalue weighted by Crippen LogP contribution is 2.42. The molecule has 0 saturated heterocycles. The van der Waals surface area contributed by atoms with Crippen molar-refractivity contribution in [3.8, 4) is 34.3 Å². The third kappa shape index (κ3) is 3.96. The van der Waals surface area contributed by atoms with Gasteiger partial charge < -0.3 is 18.9 Å². The Morgan fingerprint density at radius 3 is 2.28 bits per heavy atom. The topological polar surface area (TPSA) is 40.8 Å². The Morgan fingerprint density at radius 1 is 0.844 bits per heavy atom. The first kappa shape index (κ1) is 22.3. The van der Waals surface area contributed by atoms with Gasteiger partial charge in [-0.05, 0) is 41.6 Å². The molecule has 1 atom stereocenters. The molecule has 32 heavy (non-hydrogen) atoms. The molecule has 2 heterocycles. The smallest absolute Gasteiger partial charge is 0.213 e. The Morgan fingerprint density at radius 2 is 1.59 bits per heavy atom. The number of hydrogen-bond acceptors (Lipinski definition) is 4. The molecule has 0 radical (unpaired) electrons. The minimum absolute atomic E-state index is 0.382. The molecule has 1 aliphatic rings. The summed E-state index contributed by atoms with van der Waals surface area (Å²) in [7, 11) is 6.78. The first-order valence-corrected chi connectivity index (χ1v) is 11.5. The Balaban J connectivity index is 1.89. The fourth-order valence-electron chi connectivity index (χ4n) is 4.90. The molecule has 4 rings (SSSR count). The summed E-state index contributed by atoms with van der Waals surface area (Å²) in [6.45, 7) is 2.26. The number of ether oxygens (including phenoxy) is 4. The average Bonchev–Trinajstić information content (AvgIpc) is 2.83. The van der Waals surface area contributed by atoms with Crippen molar-refractivity contribution < 1.29 is 23.5 Å². The van der Waals surface area contributed by atoms with Crippen LogP contribution in [0.25, 0.3) is 22.0 Å². The van der Waals surface area contributed by atoms with E-state index in [-0.39, 0.29) is 0 Å². The summed E-state index contributed by atoms with van der Waals surface area (Å²) in [5, 5.41) is 2.19. The van der Waals surface area contributed by atoms with E-state index in [2.05, 4.69) is 42.0 Å². The maximum absolute atomic E-state index is 5.75. The van der Waals surface area contributed by atoms with E-state index < -0.39 is 0 Å². The molecule has 0 N–H and O–H groups in total. The number of rotatable bonds is 9. The van der Waals surface area contributed by atoms with Crippen LogP contribution in [0.1, 0.15) is 50.6 Å². The molecule has 0 fully saturated rings. The standard InChI is InChI=1S/C27H34NO4/c1-6-7-8-9-10-20-13-19-15-25(30-3)26(31-4)16-21(19)23-14-18-11-12-24(29-2)27(32-5)22(18)17-28(20)23/h11-12,14-17,20H,6-10,13H2,1-5H3/q+1. The van der Waals surface area contributed by atoms with Crippen LogP contribution in [0.3, 0.4) is 0 Å². The van der Waals surface area contributed by atoms with Crippen molar-refractivity contribution in [3.05, 3.63) is 42.1 Å². The summed E-state index contributed by atoms with van der Waals surface area (Å²) in [6.07, 6.45) is 9.38. The number of pyridine rings is 1. The van der Waals surface area contributed by atoms with E-state index in [9.17, 15) is 0 Å². The lowest BCUT2D eigenvalue weighted by Crippen LogP contribution is -2.45. The number of hydrogen-bond donors (Lipinski definition) is 0. The highest BCUT2D eigenvalue weighted by Gasteiger charge is 2.34. The maximum atomic E-state index is 5.75. The number of unbranched alkanes of at least 4 members (excludes halogenated alkanes) is 3. The van der Waals surface area contributed by atoms with Gasteiger partial charge in [-0.15, -0.1) is 0 Å². The second-order valence-electron chi connectivity index (χ2n) is 8.44. The van der Waals surface area contributed by atoms with Gasteiger partial charge in [0, 0.05) is 18.9 Å². The fourth-order valence-corrected chi connectivity index (χ4v) is 4.90. The van der Waals surface area contributed by atoms with Crippen molar-refractivity contribution in [2.45, 2.75) is 51.5 Å². The molecule has 0 spiro atoms. The normalized spacial score (nSPS) is 14.6. The van der Waals surface area contributed by atoms with Crippen molar-refractivity contribution >= 4 is 10.8 Å². The van der Waals surface area contributed by atoms with Gasteiger partial charge in [0.15, 0.2) is 35.2 Å². The quantitative estimate of drug-likeness (QED) is 0.309. The molecule has 0 saturated carbocycles. The van der Waals surface area contributed by atoms with Crippen LogP contribution < -0.4 is 23.5 Å². The Kier molecular flexibility index (Phi) is 6.73. The van der Waals surface area contributed by atoms with E-state index in [1.807, 2.05) is 6.07 Å². The van der Waals surface area contributed by atoms with Crippen LogP contribution in [-0.2, 0) is 6.42 Å². The van der Waals surface area contributed by atoms with Crippen LogP contribution in [0, 0.1) is 0 Å². The highest BCUT2D eigenvalue weighted by molar-refractivity contribution is 5.91. The van der Waals surface area contributed by atoms with E-state index >= 15 is 0 Å². The second kappa shape index (κ2) is 9.68. The molecule has 0 bridgehead atoms. The van der Waals surface area contributed by atoms with Gasteiger partial charge in [0.1, 0.15) is 0 Å². The zero-order valence-corrected chi connectivity index (χ0v) is 19.9. The summed E-state index contributed by atoms with van der Waals surface area (Å²) in [4.78, 5) is 0. The summed E-state index contributed by atoms with van der Waals surface area (Å²) in [5.41, 5.74) is 3.71. The number of methoxy groups -OCH3 is 4. The number of benzene rings is 2. The van der Waals surface area contributed by atoms with Crippen LogP contribution in [0.4, 0.5) is 0 Å². The van der Waals surface area contributed by atoms with E-state index in [1.165, 1.54) is 42.5 Å². The Hall–Kier alpha value is -2.95. The third-order valence-electron chi connectivity index (χ3n) is 6.58. The minimum atomic E-state index is 0.382. The first-order valence-electron chi connectivity index (χ1n) is 11.5. The molecule has 5 heteroatoms. The van der Waals surface area contributed by atoms with Gasteiger partial charge in [-0.25, -0.2) is 0 Å². The van der Waals surface area contributed by atoms with Crippen LogP contribution in [0.5, 0.6) is 23.0 Å². The number of fused-ring (bicyclic) bond motifs is 4. The zero-order valence-electron chi connectivity index (χ0n) is 19.9. The monoisotopic (exact) mass is 436 g/mol. The lowest BCUT2D eigenvalue weighted by atomic mass is 9.89. The van der Waals surface area contributed by atoms with Crippen molar-refractivity contribution in [3.63, 3.8) is 0 Å². The molecule has 170 valence electrons. The molecule has 3 aromatic rings. The molecular formula is C27H34NO4+. The molecule has 0 aliphatic carbocycles. The van der Waals surface area contributed by atoms with E-state index in [0.717, 1.165) is 46.6 Å². The minimum Gasteiger partial charge on any atom is -0.493 e. The SMILES string of the molecule is CCCCCCC1Cc2cc(OC)c(OC)cc2-c2cc3ccc(OC)c(OC)c3c[n+]21. The van der Waals surface area contributed by atoms with Gasteiger partial charge in [-0.1, -0.05) is 26.2 Å². The van der Waals surface area contributed by atoms with E-state index in [0.29, 0.717) is 6.04 Å². The highest BCUT2D eigenvalue weighted by atomic mass is 16.5. The van der Waals surface area contributed by atoms with E-state index in [4.69, 9.17) is 18.9 Å². The van der Waals surface area contributed by atoms with Crippen LogP contribution in [0.2, 0.25) is 0 Å². The number of nitrogens with zero attached hydrogens (tertiary/aromatic N) is 1. The predicted molar refractivity (Wildman–Crippen MR) is 127 cm³/mol. The average molecular weight is 437 g/mol. The molecule has 1 aromatic heterocycles. The molecule has 1 unspecified atom stereocenters. The molecule has 2 aromatic carbocycles. The molecule has 5 nitrogen and oxygen atoms in total. The van der Waals surface area contributed by atoms with E-state index in [1.54, 1.807) is 28.4 Å². The summed E-state index contributed by atoms with van der Waals surface area (Å²) < 4.78 is 25.0. The van der Waals surface area contributed by atoms with Crippen molar-refractivity contribution in [1.29, 1.82) is 0 Å². The Labute approximate surface area is 190 Å². The van der Waals surface area contributed by atoms with Crippen LogP contribution in [-0.4, -0.2) is 28.4 Å². The maximum Gasteiger partial charge on any atom is 0.213 e. The predicted octanol–water partition coefficient (Wildman–Crippen LogP) is 5.90. The summed E-state index contributed by atoms with van der Waals surface area (Å²) in [6, 6.07) is 11.0. The van der Waals surface area contributed by atoms with Gasteiger partial charge in [-0.3, -0.25) is 0 Å². The van der Waals surface area contributed by atoms with Gasteiger partial charge in [0.2, 0.25) is 5.69 Å². The summed E-state index contributed by atoms with van der Waals surface area (Å²) in [5.74, 6) is 3.08. The van der Waals surface area contributed by atoms with Crippen molar-refractivity contribution in [2.24, 2.45) is 0 Å². The van der Waals surface area contributed by atoms with Gasteiger partial charge in [0.25, 0.3) is 0 Å². The fraction of sp³-hybridized carbons (Fsp3) is 0.444. The molecule has 1 aliphatic heterocycles. The van der Waals surface area contributed by atoms with Gasteiger partial charge in [-0.2, -0.15) is 4.57 Å². The van der Waals surface area contributed by atoms with Gasteiger partial charge in [0.05, 0.1) is 39.4 Å². The zero-order chi connectivity index (χ0) is 22.7. The molecular weight excluding hydrogens is 402 g/mol.